The van der Waals surface area contributed by atoms with E-state index in [1.807, 2.05) is 39.0 Å². The molecule has 3 nitrogen and oxygen atoms in total. The number of aliphatic hydroxyl groups excluding tert-OH is 1. The summed E-state index contributed by atoms with van der Waals surface area (Å²) in [6.45, 7) is 6.90. The third-order valence-electron chi connectivity index (χ3n) is 2.48. The molecule has 1 aromatic rings. The zero-order valence-electron chi connectivity index (χ0n) is 9.67. The van der Waals surface area contributed by atoms with Gasteiger partial charge in [0.1, 0.15) is 0 Å². The molecule has 0 saturated heterocycles. The van der Waals surface area contributed by atoms with Gasteiger partial charge in [-0.15, -0.1) is 0 Å². The minimum Gasteiger partial charge on any atom is -0.398 e. The topological polar surface area (TPSA) is 58.3 Å². The fourth-order valence-electron chi connectivity index (χ4n) is 1.15. The molecule has 0 saturated carbocycles. The molecule has 0 heterocycles. The molecule has 1 rings (SSSR count). The van der Waals surface area contributed by atoms with E-state index >= 15 is 0 Å². The van der Waals surface area contributed by atoms with Crippen LogP contribution in [0.15, 0.2) is 18.2 Å². The lowest BCUT2D eigenvalue weighted by Gasteiger charge is -2.22. The Morgan fingerprint density at radius 1 is 1.40 bits per heavy atom. The maximum absolute atomic E-state index is 9.11. The molecule has 0 spiro atoms. The van der Waals surface area contributed by atoms with Gasteiger partial charge in [-0.3, -0.25) is 0 Å². The van der Waals surface area contributed by atoms with Crippen molar-refractivity contribution in [2.24, 2.45) is 5.41 Å². The summed E-state index contributed by atoms with van der Waals surface area (Å²) in [6.07, 6.45) is 0. The molecular weight excluding hydrogens is 188 g/mol. The molecule has 0 aromatic heterocycles. The maximum atomic E-state index is 9.11. The van der Waals surface area contributed by atoms with Gasteiger partial charge < -0.3 is 16.2 Å². The van der Waals surface area contributed by atoms with Gasteiger partial charge in [0.15, 0.2) is 0 Å². The molecule has 15 heavy (non-hydrogen) atoms. The van der Waals surface area contributed by atoms with Gasteiger partial charge in [-0.1, -0.05) is 19.9 Å². The van der Waals surface area contributed by atoms with Gasteiger partial charge in [0.2, 0.25) is 0 Å². The van der Waals surface area contributed by atoms with Crippen molar-refractivity contribution in [1.29, 1.82) is 0 Å². The number of aryl methyl sites for hydroxylation is 1. The van der Waals surface area contributed by atoms with Crippen molar-refractivity contribution in [3.63, 3.8) is 0 Å². The Kier molecular flexibility index (Phi) is 3.58. The van der Waals surface area contributed by atoms with Crippen LogP contribution >= 0.6 is 0 Å². The van der Waals surface area contributed by atoms with Crippen molar-refractivity contribution in [1.82, 2.24) is 0 Å². The van der Waals surface area contributed by atoms with Crippen molar-refractivity contribution in [2.75, 3.05) is 24.2 Å². The largest absolute Gasteiger partial charge is 0.398 e. The van der Waals surface area contributed by atoms with Crippen LogP contribution in [-0.4, -0.2) is 18.3 Å². The van der Waals surface area contributed by atoms with Crippen LogP contribution in [0.4, 0.5) is 11.4 Å². The predicted molar refractivity (Wildman–Crippen MR) is 64.9 cm³/mol. The molecule has 0 aliphatic carbocycles. The van der Waals surface area contributed by atoms with Crippen molar-refractivity contribution in [2.45, 2.75) is 20.8 Å². The average Bonchev–Trinajstić information content (AvgIpc) is 2.20. The monoisotopic (exact) mass is 208 g/mol. The van der Waals surface area contributed by atoms with Crippen molar-refractivity contribution >= 4 is 11.4 Å². The molecule has 1 aromatic carbocycles. The fourth-order valence-corrected chi connectivity index (χ4v) is 1.15. The normalized spacial score (nSPS) is 11.5. The smallest absolute Gasteiger partial charge is 0.0498 e. The Morgan fingerprint density at radius 3 is 2.60 bits per heavy atom. The lowest BCUT2D eigenvalue weighted by Crippen LogP contribution is -2.26. The van der Waals surface area contributed by atoms with E-state index < -0.39 is 0 Å². The molecule has 84 valence electrons. The Balaban J connectivity index is 2.62. The number of rotatable bonds is 4. The summed E-state index contributed by atoms with van der Waals surface area (Å²) >= 11 is 0. The Labute approximate surface area is 91.3 Å². The van der Waals surface area contributed by atoms with Gasteiger partial charge in [0.05, 0.1) is 0 Å². The number of benzene rings is 1. The van der Waals surface area contributed by atoms with Crippen molar-refractivity contribution in [3.05, 3.63) is 23.8 Å². The molecule has 4 N–H and O–H groups in total. The number of nitrogens with two attached hydrogens (primary N) is 1. The summed E-state index contributed by atoms with van der Waals surface area (Å²) in [5, 5.41) is 12.4. The second kappa shape index (κ2) is 4.53. The molecule has 0 radical (unpaired) electrons. The standard InChI is InChI=1S/C12H20N2O/c1-9-4-5-10(6-11(9)13)14-7-12(2,3)8-15/h4-6,14-15H,7-8,13H2,1-3H3. The molecule has 0 unspecified atom stereocenters. The quantitative estimate of drug-likeness (QED) is 0.663. The minimum absolute atomic E-state index is 0.111. The lowest BCUT2D eigenvalue weighted by molar-refractivity contribution is 0.171. The van der Waals surface area contributed by atoms with Crippen molar-refractivity contribution in [3.8, 4) is 0 Å². The van der Waals surface area contributed by atoms with Crippen LogP contribution in [0.25, 0.3) is 0 Å². The first kappa shape index (κ1) is 11.9. The van der Waals surface area contributed by atoms with Crippen LogP contribution in [0.1, 0.15) is 19.4 Å². The summed E-state index contributed by atoms with van der Waals surface area (Å²) in [4.78, 5) is 0. The molecule has 0 aliphatic rings. The van der Waals surface area contributed by atoms with Crippen LogP contribution in [0.3, 0.4) is 0 Å². The Hall–Kier alpha value is -1.22. The van der Waals surface area contributed by atoms with Crippen LogP contribution in [-0.2, 0) is 0 Å². The minimum atomic E-state index is -0.111. The molecule has 0 atom stereocenters. The van der Waals surface area contributed by atoms with E-state index in [1.54, 1.807) is 0 Å². The second-order valence-corrected chi connectivity index (χ2v) is 4.75. The zero-order chi connectivity index (χ0) is 11.5. The third-order valence-corrected chi connectivity index (χ3v) is 2.48. The van der Waals surface area contributed by atoms with E-state index in [4.69, 9.17) is 10.8 Å². The molecular formula is C12H20N2O. The zero-order valence-corrected chi connectivity index (χ0v) is 9.67. The predicted octanol–water partition coefficient (Wildman–Crippen LogP) is 2.01. The first-order chi connectivity index (χ1) is 6.94. The number of nitrogen functional groups attached to an aromatic ring is 1. The number of anilines is 2. The molecule has 3 heteroatoms. The van der Waals surface area contributed by atoms with Crippen LogP contribution in [0, 0.1) is 12.3 Å². The summed E-state index contributed by atoms with van der Waals surface area (Å²) in [7, 11) is 0. The number of hydrogen-bond donors (Lipinski definition) is 3. The van der Waals surface area contributed by atoms with Crippen molar-refractivity contribution < 1.29 is 5.11 Å². The Bertz CT molecular complexity index is 334. The number of nitrogens with one attached hydrogen (secondary N) is 1. The first-order valence-electron chi connectivity index (χ1n) is 5.15. The van der Waals surface area contributed by atoms with Crippen LogP contribution in [0.5, 0.6) is 0 Å². The van der Waals surface area contributed by atoms with Crippen LogP contribution < -0.4 is 11.1 Å². The second-order valence-electron chi connectivity index (χ2n) is 4.75. The first-order valence-corrected chi connectivity index (χ1v) is 5.15. The average molecular weight is 208 g/mol. The summed E-state index contributed by atoms with van der Waals surface area (Å²) in [5.74, 6) is 0. The molecule has 0 bridgehead atoms. The van der Waals surface area contributed by atoms with E-state index in [2.05, 4.69) is 5.32 Å². The van der Waals surface area contributed by atoms with Gasteiger partial charge >= 0.3 is 0 Å². The van der Waals surface area contributed by atoms with E-state index in [-0.39, 0.29) is 12.0 Å². The highest BCUT2D eigenvalue weighted by molar-refractivity contribution is 5.58. The van der Waals surface area contributed by atoms with Gasteiger partial charge in [-0.2, -0.15) is 0 Å². The van der Waals surface area contributed by atoms with E-state index in [0.717, 1.165) is 23.5 Å². The third kappa shape index (κ3) is 3.44. The summed E-state index contributed by atoms with van der Waals surface area (Å²) < 4.78 is 0. The van der Waals surface area contributed by atoms with E-state index in [9.17, 15) is 0 Å². The summed E-state index contributed by atoms with van der Waals surface area (Å²) in [5.41, 5.74) is 8.57. The SMILES string of the molecule is Cc1ccc(NCC(C)(C)CO)cc1N. The van der Waals surface area contributed by atoms with Gasteiger partial charge in [-0.05, 0) is 24.6 Å². The fraction of sp³-hybridized carbons (Fsp3) is 0.500. The molecule has 0 fully saturated rings. The van der Waals surface area contributed by atoms with Crippen LogP contribution in [0.2, 0.25) is 0 Å². The van der Waals surface area contributed by atoms with E-state index in [0.29, 0.717) is 0 Å². The van der Waals surface area contributed by atoms with E-state index in [1.165, 1.54) is 0 Å². The number of aliphatic hydroxyl groups is 1. The summed E-state index contributed by atoms with van der Waals surface area (Å²) in [6, 6.07) is 5.91. The number of hydrogen-bond acceptors (Lipinski definition) is 3. The maximum Gasteiger partial charge on any atom is 0.0498 e. The van der Waals surface area contributed by atoms with Gasteiger partial charge in [0.25, 0.3) is 0 Å². The highest BCUT2D eigenvalue weighted by Crippen LogP contribution is 2.19. The highest BCUT2D eigenvalue weighted by atomic mass is 16.3. The van der Waals surface area contributed by atoms with Gasteiger partial charge in [-0.25, -0.2) is 0 Å². The molecule has 0 aliphatic heterocycles. The Morgan fingerprint density at radius 2 is 2.07 bits per heavy atom. The molecule has 0 amide bonds. The van der Waals surface area contributed by atoms with Gasteiger partial charge in [0, 0.05) is 29.9 Å². The highest BCUT2D eigenvalue weighted by Gasteiger charge is 2.15. The lowest BCUT2D eigenvalue weighted by atomic mass is 9.95.